The van der Waals surface area contributed by atoms with Gasteiger partial charge in [0.05, 0.1) is 10.4 Å². The first-order chi connectivity index (χ1) is 12.3. The first-order valence-electron chi connectivity index (χ1n) is 8.77. The lowest BCUT2D eigenvalue weighted by molar-refractivity contribution is 0.473. The molecule has 25 heavy (non-hydrogen) atoms. The molecular formula is C21H24N2S2. The van der Waals surface area contributed by atoms with Crippen LogP contribution in [0.3, 0.4) is 0 Å². The summed E-state index contributed by atoms with van der Waals surface area (Å²) in [6.07, 6.45) is 10.8. The van der Waals surface area contributed by atoms with Crippen molar-refractivity contribution in [2.75, 3.05) is 12.8 Å². The summed E-state index contributed by atoms with van der Waals surface area (Å²) < 4.78 is 0. The van der Waals surface area contributed by atoms with E-state index >= 15 is 0 Å². The van der Waals surface area contributed by atoms with Gasteiger partial charge in [-0.1, -0.05) is 54.6 Å². The SMILES string of the molecule is CNC(=S)C1(c2cccnc2)CCCC/C1=C/CSc1ccccc1. The van der Waals surface area contributed by atoms with Crippen molar-refractivity contribution in [2.45, 2.75) is 36.0 Å². The van der Waals surface area contributed by atoms with E-state index < -0.39 is 0 Å². The Hall–Kier alpha value is -1.65. The average molecular weight is 369 g/mol. The zero-order valence-corrected chi connectivity index (χ0v) is 16.2. The maximum Gasteiger partial charge on any atom is 0.0900 e. The lowest BCUT2D eigenvalue weighted by Crippen LogP contribution is -2.45. The Balaban J connectivity index is 1.91. The highest BCUT2D eigenvalue weighted by molar-refractivity contribution is 7.99. The number of hydrogen-bond acceptors (Lipinski definition) is 3. The Morgan fingerprint density at radius 2 is 2.08 bits per heavy atom. The molecule has 0 aliphatic heterocycles. The molecule has 1 saturated carbocycles. The highest BCUT2D eigenvalue weighted by atomic mass is 32.2. The van der Waals surface area contributed by atoms with Crippen molar-refractivity contribution in [1.82, 2.24) is 10.3 Å². The molecule has 4 heteroatoms. The van der Waals surface area contributed by atoms with Crippen LogP contribution < -0.4 is 5.32 Å². The van der Waals surface area contributed by atoms with Crippen LogP contribution in [-0.2, 0) is 5.41 Å². The summed E-state index contributed by atoms with van der Waals surface area (Å²) in [5, 5.41) is 3.27. The largest absolute Gasteiger partial charge is 0.382 e. The van der Waals surface area contributed by atoms with E-state index in [9.17, 15) is 0 Å². The number of likely N-dealkylation sites (N-methyl/N-ethyl adjacent to an activating group) is 1. The zero-order chi connectivity index (χ0) is 17.5. The van der Waals surface area contributed by atoms with Gasteiger partial charge < -0.3 is 5.32 Å². The van der Waals surface area contributed by atoms with E-state index in [0.29, 0.717) is 0 Å². The van der Waals surface area contributed by atoms with E-state index in [1.165, 1.54) is 28.9 Å². The molecule has 0 bridgehead atoms. The fourth-order valence-electron chi connectivity index (χ4n) is 3.66. The van der Waals surface area contributed by atoms with Crippen LogP contribution in [0.5, 0.6) is 0 Å². The van der Waals surface area contributed by atoms with Crippen molar-refractivity contribution in [3.05, 3.63) is 72.1 Å². The molecule has 1 aromatic heterocycles. The molecule has 1 aliphatic carbocycles. The molecule has 0 radical (unpaired) electrons. The molecule has 0 spiro atoms. The molecule has 1 N–H and O–H groups in total. The lowest BCUT2D eigenvalue weighted by Gasteiger charge is -2.40. The number of nitrogens with one attached hydrogen (secondary N) is 1. The molecular weight excluding hydrogens is 344 g/mol. The van der Waals surface area contributed by atoms with E-state index in [0.717, 1.165) is 23.6 Å². The number of thiocarbonyl (C=S) groups is 1. The number of nitrogens with zero attached hydrogens (tertiary/aromatic N) is 1. The van der Waals surface area contributed by atoms with Gasteiger partial charge in [0.15, 0.2) is 0 Å². The van der Waals surface area contributed by atoms with Crippen LogP contribution in [0.15, 0.2) is 71.4 Å². The Bertz CT molecular complexity index is 728. The first-order valence-corrected chi connectivity index (χ1v) is 10.2. The standard InChI is InChI=1S/C21H24N2S2/c1-22-20(24)21(18-9-7-14-23-16-18)13-6-5-8-17(21)12-15-25-19-10-3-2-4-11-19/h2-4,7,9-12,14,16H,5-6,8,13,15H2,1H3,(H,22,24)/b17-12-. The number of benzene rings is 1. The third kappa shape index (κ3) is 3.96. The molecule has 1 atom stereocenters. The highest BCUT2D eigenvalue weighted by Crippen LogP contribution is 2.44. The van der Waals surface area contributed by atoms with Crippen LogP contribution in [0.25, 0.3) is 0 Å². The van der Waals surface area contributed by atoms with E-state index in [-0.39, 0.29) is 5.41 Å². The van der Waals surface area contributed by atoms with Gasteiger partial charge in [0, 0.05) is 30.1 Å². The van der Waals surface area contributed by atoms with Gasteiger partial charge in [-0.3, -0.25) is 4.98 Å². The van der Waals surface area contributed by atoms with Crippen molar-refractivity contribution in [2.24, 2.45) is 0 Å². The predicted molar refractivity (Wildman–Crippen MR) is 111 cm³/mol. The predicted octanol–water partition coefficient (Wildman–Crippen LogP) is 5.16. The quantitative estimate of drug-likeness (QED) is 0.448. The van der Waals surface area contributed by atoms with Crippen LogP contribution >= 0.6 is 24.0 Å². The molecule has 3 rings (SSSR count). The molecule has 1 unspecified atom stereocenters. The molecule has 0 amide bonds. The maximum atomic E-state index is 5.80. The zero-order valence-electron chi connectivity index (χ0n) is 14.6. The minimum absolute atomic E-state index is 0.201. The van der Waals surface area contributed by atoms with Gasteiger partial charge in [-0.25, -0.2) is 0 Å². The van der Waals surface area contributed by atoms with Crippen molar-refractivity contribution in [3.8, 4) is 0 Å². The number of pyridine rings is 1. The third-order valence-corrected chi connectivity index (χ3v) is 6.38. The summed E-state index contributed by atoms with van der Waals surface area (Å²) in [6.45, 7) is 0. The fraction of sp³-hybridized carbons (Fsp3) is 0.333. The monoisotopic (exact) mass is 368 g/mol. The topological polar surface area (TPSA) is 24.9 Å². The molecule has 1 heterocycles. The van der Waals surface area contributed by atoms with E-state index in [4.69, 9.17) is 12.2 Å². The summed E-state index contributed by atoms with van der Waals surface area (Å²) in [6, 6.07) is 14.7. The molecule has 130 valence electrons. The molecule has 2 aromatic rings. The van der Waals surface area contributed by atoms with Crippen molar-refractivity contribution < 1.29 is 0 Å². The van der Waals surface area contributed by atoms with Gasteiger partial charge in [0.25, 0.3) is 0 Å². The average Bonchev–Trinajstić information content (AvgIpc) is 2.69. The minimum atomic E-state index is -0.201. The molecule has 2 nitrogen and oxygen atoms in total. The third-order valence-electron chi connectivity index (χ3n) is 4.89. The summed E-state index contributed by atoms with van der Waals surface area (Å²) in [5.74, 6) is 0.966. The number of rotatable bonds is 5. The lowest BCUT2D eigenvalue weighted by atomic mass is 9.66. The van der Waals surface area contributed by atoms with E-state index in [2.05, 4.69) is 52.8 Å². The van der Waals surface area contributed by atoms with E-state index in [1.807, 2.05) is 37.3 Å². The first kappa shape index (κ1) is 18.2. The summed E-state index contributed by atoms with van der Waals surface area (Å²) in [5.41, 5.74) is 2.45. The molecule has 1 aromatic carbocycles. The van der Waals surface area contributed by atoms with Crippen LogP contribution in [0.4, 0.5) is 0 Å². The number of aromatic nitrogens is 1. The van der Waals surface area contributed by atoms with Crippen LogP contribution in [0, 0.1) is 0 Å². The number of hydrogen-bond donors (Lipinski definition) is 1. The Labute approximate surface area is 160 Å². The van der Waals surface area contributed by atoms with Gasteiger partial charge in [0.1, 0.15) is 0 Å². The van der Waals surface area contributed by atoms with Crippen LogP contribution in [0.2, 0.25) is 0 Å². The van der Waals surface area contributed by atoms with Crippen molar-refractivity contribution in [1.29, 1.82) is 0 Å². The summed E-state index contributed by atoms with van der Waals surface area (Å²) >= 11 is 7.68. The second-order valence-corrected chi connectivity index (χ2v) is 7.79. The Morgan fingerprint density at radius 3 is 2.80 bits per heavy atom. The van der Waals surface area contributed by atoms with Gasteiger partial charge in [0.2, 0.25) is 0 Å². The highest BCUT2D eigenvalue weighted by Gasteiger charge is 2.41. The maximum absolute atomic E-state index is 5.80. The van der Waals surface area contributed by atoms with Crippen molar-refractivity contribution in [3.63, 3.8) is 0 Å². The van der Waals surface area contributed by atoms with Gasteiger partial charge >= 0.3 is 0 Å². The molecule has 0 saturated heterocycles. The second kappa shape index (κ2) is 8.63. The Morgan fingerprint density at radius 1 is 1.24 bits per heavy atom. The van der Waals surface area contributed by atoms with Crippen LogP contribution in [0.1, 0.15) is 31.2 Å². The second-order valence-electron chi connectivity index (χ2n) is 6.29. The summed E-state index contributed by atoms with van der Waals surface area (Å²) in [7, 11) is 1.94. The normalized spacial score (nSPS) is 21.9. The smallest absolute Gasteiger partial charge is 0.0900 e. The minimum Gasteiger partial charge on any atom is -0.382 e. The molecule has 1 aliphatic rings. The van der Waals surface area contributed by atoms with Crippen molar-refractivity contribution >= 4 is 29.0 Å². The van der Waals surface area contributed by atoms with Crippen LogP contribution in [-0.4, -0.2) is 22.8 Å². The molecule has 1 fully saturated rings. The van der Waals surface area contributed by atoms with Gasteiger partial charge in [-0.15, -0.1) is 11.8 Å². The Kier molecular flexibility index (Phi) is 6.27. The summed E-state index contributed by atoms with van der Waals surface area (Å²) in [4.78, 5) is 6.58. The van der Waals surface area contributed by atoms with E-state index in [1.54, 1.807) is 0 Å². The van der Waals surface area contributed by atoms with Gasteiger partial charge in [-0.05, 0) is 43.0 Å². The van der Waals surface area contributed by atoms with Gasteiger partial charge in [-0.2, -0.15) is 0 Å². The fourth-order valence-corrected chi connectivity index (χ4v) is 4.84. The number of thioether (sulfide) groups is 1.